The van der Waals surface area contributed by atoms with Gasteiger partial charge in [-0.25, -0.2) is 0 Å². The number of hydrogen-bond donors (Lipinski definition) is 1. The van der Waals surface area contributed by atoms with Crippen LogP contribution in [0.25, 0.3) is 0 Å². The van der Waals surface area contributed by atoms with Crippen LogP contribution >= 0.6 is 0 Å². The molecule has 0 aliphatic carbocycles. The van der Waals surface area contributed by atoms with Gasteiger partial charge in [0, 0.05) is 12.6 Å². The second kappa shape index (κ2) is 6.39. The Morgan fingerprint density at radius 2 is 1.92 bits per heavy atom. The average Bonchev–Trinajstić information content (AvgIpc) is 2.03. The van der Waals surface area contributed by atoms with Gasteiger partial charge in [-0.1, -0.05) is 34.6 Å². The Bertz CT molecular complexity index is 121. The summed E-state index contributed by atoms with van der Waals surface area (Å²) >= 11 is 0. The third-order valence-corrected chi connectivity index (χ3v) is 2.25. The first-order chi connectivity index (χ1) is 5.98. The molecule has 0 aromatic carbocycles. The van der Waals surface area contributed by atoms with Crippen LogP contribution in [0.2, 0.25) is 0 Å². The van der Waals surface area contributed by atoms with E-state index in [4.69, 9.17) is 4.74 Å². The first-order valence-electron chi connectivity index (χ1n) is 5.29. The SMILES string of the molecule is CCC(C)(C)COCCNC(C)C. The van der Waals surface area contributed by atoms with Crippen LogP contribution in [-0.4, -0.2) is 25.8 Å². The van der Waals surface area contributed by atoms with Crippen molar-refractivity contribution in [3.63, 3.8) is 0 Å². The zero-order chi connectivity index (χ0) is 10.3. The molecule has 0 atom stereocenters. The lowest BCUT2D eigenvalue weighted by atomic mass is 9.92. The Kier molecular flexibility index (Phi) is 6.35. The summed E-state index contributed by atoms with van der Waals surface area (Å²) in [4.78, 5) is 0. The molecular weight excluding hydrogens is 162 g/mol. The molecule has 0 saturated heterocycles. The van der Waals surface area contributed by atoms with Gasteiger partial charge in [-0.05, 0) is 11.8 Å². The van der Waals surface area contributed by atoms with E-state index >= 15 is 0 Å². The van der Waals surface area contributed by atoms with Gasteiger partial charge in [-0.15, -0.1) is 0 Å². The maximum Gasteiger partial charge on any atom is 0.0591 e. The van der Waals surface area contributed by atoms with Crippen molar-refractivity contribution in [3.05, 3.63) is 0 Å². The molecule has 0 aliphatic heterocycles. The fourth-order valence-corrected chi connectivity index (χ4v) is 0.870. The number of rotatable bonds is 7. The van der Waals surface area contributed by atoms with Crippen LogP contribution in [0.5, 0.6) is 0 Å². The van der Waals surface area contributed by atoms with E-state index in [1.165, 1.54) is 6.42 Å². The molecule has 0 aromatic rings. The Morgan fingerprint density at radius 1 is 1.31 bits per heavy atom. The molecule has 0 aromatic heterocycles. The first-order valence-corrected chi connectivity index (χ1v) is 5.29. The summed E-state index contributed by atoms with van der Waals surface area (Å²) in [5, 5.41) is 3.32. The Labute approximate surface area is 83.1 Å². The van der Waals surface area contributed by atoms with Crippen LogP contribution in [0, 0.1) is 5.41 Å². The summed E-state index contributed by atoms with van der Waals surface area (Å²) in [6.07, 6.45) is 1.17. The van der Waals surface area contributed by atoms with Gasteiger partial charge in [0.2, 0.25) is 0 Å². The van der Waals surface area contributed by atoms with E-state index in [2.05, 4.69) is 39.9 Å². The second-order valence-corrected chi connectivity index (χ2v) is 4.68. The van der Waals surface area contributed by atoms with Crippen LogP contribution in [0.3, 0.4) is 0 Å². The number of ether oxygens (including phenoxy) is 1. The van der Waals surface area contributed by atoms with Crippen LogP contribution in [-0.2, 0) is 4.74 Å². The molecule has 0 radical (unpaired) electrons. The molecule has 0 spiro atoms. The van der Waals surface area contributed by atoms with Gasteiger partial charge in [-0.3, -0.25) is 0 Å². The molecule has 2 nitrogen and oxygen atoms in total. The summed E-state index contributed by atoms with van der Waals surface area (Å²) in [5.41, 5.74) is 0.331. The van der Waals surface area contributed by atoms with Gasteiger partial charge < -0.3 is 10.1 Å². The first kappa shape index (κ1) is 12.9. The van der Waals surface area contributed by atoms with Crippen molar-refractivity contribution in [2.24, 2.45) is 5.41 Å². The van der Waals surface area contributed by atoms with E-state index in [-0.39, 0.29) is 0 Å². The van der Waals surface area contributed by atoms with Crippen molar-refractivity contribution in [1.82, 2.24) is 5.32 Å². The predicted molar refractivity (Wildman–Crippen MR) is 58.0 cm³/mol. The van der Waals surface area contributed by atoms with E-state index < -0.39 is 0 Å². The van der Waals surface area contributed by atoms with Crippen molar-refractivity contribution in [3.8, 4) is 0 Å². The van der Waals surface area contributed by atoms with E-state index in [0.29, 0.717) is 11.5 Å². The summed E-state index contributed by atoms with van der Waals surface area (Å²) in [6, 6.07) is 0.558. The van der Waals surface area contributed by atoms with Crippen LogP contribution in [0.15, 0.2) is 0 Å². The van der Waals surface area contributed by atoms with Crippen LogP contribution in [0.1, 0.15) is 41.0 Å². The zero-order valence-corrected chi connectivity index (χ0v) is 9.81. The molecule has 0 heterocycles. The molecule has 2 heteroatoms. The highest BCUT2D eigenvalue weighted by atomic mass is 16.5. The number of nitrogens with one attached hydrogen (secondary N) is 1. The highest BCUT2D eigenvalue weighted by Crippen LogP contribution is 2.19. The number of hydrogen-bond acceptors (Lipinski definition) is 2. The normalized spacial score (nSPS) is 12.5. The average molecular weight is 187 g/mol. The largest absolute Gasteiger partial charge is 0.380 e. The minimum absolute atomic E-state index is 0.331. The summed E-state index contributed by atoms with van der Waals surface area (Å²) < 4.78 is 5.58. The van der Waals surface area contributed by atoms with Crippen molar-refractivity contribution in [2.45, 2.75) is 47.1 Å². The van der Waals surface area contributed by atoms with Crippen LogP contribution in [0.4, 0.5) is 0 Å². The molecule has 1 N–H and O–H groups in total. The van der Waals surface area contributed by atoms with Crippen molar-refractivity contribution < 1.29 is 4.74 Å². The standard InChI is InChI=1S/C11H25NO/c1-6-11(4,5)9-13-8-7-12-10(2)3/h10,12H,6-9H2,1-5H3. The summed E-state index contributed by atoms with van der Waals surface area (Å²) in [5.74, 6) is 0. The van der Waals surface area contributed by atoms with Crippen molar-refractivity contribution in [1.29, 1.82) is 0 Å². The Hall–Kier alpha value is -0.0800. The lowest BCUT2D eigenvalue weighted by Crippen LogP contribution is -2.28. The van der Waals surface area contributed by atoms with Gasteiger partial charge in [0.1, 0.15) is 0 Å². The zero-order valence-electron chi connectivity index (χ0n) is 9.81. The molecule has 0 unspecified atom stereocenters. The predicted octanol–water partition coefficient (Wildman–Crippen LogP) is 2.44. The van der Waals surface area contributed by atoms with Crippen molar-refractivity contribution in [2.75, 3.05) is 19.8 Å². The van der Waals surface area contributed by atoms with E-state index in [0.717, 1.165) is 19.8 Å². The molecule has 0 saturated carbocycles. The van der Waals surface area contributed by atoms with E-state index in [1.54, 1.807) is 0 Å². The monoisotopic (exact) mass is 187 g/mol. The molecule has 0 amide bonds. The maximum absolute atomic E-state index is 5.58. The minimum Gasteiger partial charge on any atom is -0.380 e. The highest BCUT2D eigenvalue weighted by Gasteiger charge is 2.14. The van der Waals surface area contributed by atoms with E-state index in [9.17, 15) is 0 Å². The molecule has 0 aliphatic rings. The maximum atomic E-state index is 5.58. The quantitative estimate of drug-likeness (QED) is 0.618. The topological polar surface area (TPSA) is 21.3 Å². The minimum atomic E-state index is 0.331. The van der Waals surface area contributed by atoms with Gasteiger partial charge >= 0.3 is 0 Å². The Balaban J connectivity index is 3.26. The second-order valence-electron chi connectivity index (χ2n) is 4.68. The fraction of sp³-hybridized carbons (Fsp3) is 1.00. The molecule has 80 valence electrons. The summed E-state index contributed by atoms with van der Waals surface area (Å²) in [7, 11) is 0. The van der Waals surface area contributed by atoms with Crippen LogP contribution < -0.4 is 5.32 Å². The molecule has 0 fully saturated rings. The van der Waals surface area contributed by atoms with Gasteiger partial charge in [0.25, 0.3) is 0 Å². The molecule has 0 bridgehead atoms. The smallest absolute Gasteiger partial charge is 0.0591 e. The van der Waals surface area contributed by atoms with Gasteiger partial charge in [0.15, 0.2) is 0 Å². The molecular formula is C11H25NO. The highest BCUT2D eigenvalue weighted by molar-refractivity contribution is 4.64. The lowest BCUT2D eigenvalue weighted by molar-refractivity contribution is 0.0613. The fourth-order valence-electron chi connectivity index (χ4n) is 0.870. The van der Waals surface area contributed by atoms with E-state index in [1.807, 2.05) is 0 Å². The Morgan fingerprint density at radius 3 is 2.38 bits per heavy atom. The lowest BCUT2D eigenvalue weighted by Gasteiger charge is -2.22. The third-order valence-electron chi connectivity index (χ3n) is 2.25. The molecule has 13 heavy (non-hydrogen) atoms. The van der Waals surface area contributed by atoms with Gasteiger partial charge in [0.05, 0.1) is 13.2 Å². The third kappa shape index (κ3) is 8.26. The van der Waals surface area contributed by atoms with Gasteiger partial charge in [-0.2, -0.15) is 0 Å². The molecule has 0 rings (SSSR count). The summed E-state index contributed by atoms with van der Waals surface area (Å²) in [6.45, 7) is 13.6. The van der Waals surface area contributed by atoms with Crippen molar-refractivity contribution >= 4 is 0 Å².